The Labute approximate surface area is 290 Å². The van der Waals surface area contributed by atoms with Crippen molar-refractivity contribution in [2.45, 2.75) is 142 Å². The molecule has 4 saturated heterocycles. The predicted octanol–water partition coefficient (Wildman–Crippen LogP) is 5.06. The van der Waals surface area contributed by atoms with Gasteiger partial charge in [0, 0.05) is 30.8 Å². The third kappa shape index (κ3) is 7.32. The molecule has 1 aliphatic carbocycles. The monoisotopic (exact) mass is 688 g/mol. The number of benzene rings is 1. The van der Waals surface area contributed by atoms with Crippen LogP contribution in [-0.2, 0) is 39.8 Å². The number of likely N-dealkylation sites (N-methyl/N-ethyl adjacent to an activating group) is 1. The first-order valence-corrected chi connectivity index (χ1v) is 18.2. The second kappa shape index (κ2) is 15.0. The van der Waals surface area contributed by atoms with E-state index in [1.165, 1.54) is 4.90 Å². The molecule has 12 heteroatoms. The highest BCUT2D eigenvalue weighted by Crippen LogP contribution is 2.44. The minimum absolute atomic E-state index is 0.0815. The molecular formula is C37H56N2O10. The highest BCUT2D eigenvalue weighted by atomic mass is 16.8. The zero-order valence-corrected chi connectivity index (χ0v) is 30.1. The SMILES string of the molecule is CCC1O[C@H](OC2O[C@H]3CC(C)[C@@H](O[C@@H]4C(C)C[C@@H](NC(=O)OCc5ccccc5)C(C)[C@H]4O)OC3C3OC(=O)N(C)C23)C(C)[C@H](C)[C@@H]1C. The van der Waals surface area contributed by atoms with Gasteiger partial charge in [0.2, 0.25) is 0 Å². The van der Waals surface area contributed by atoms with E-state index in [9.17, 15) is 14.7 Å². The van der Waals surface area contributed by atoms with E-state index in [1.54, 1.807) is 7.05 Å². The number of carbonyl (C=O) groups excluding carboxylic acids is 2. The zero-order chi connectivity index (χ0) is 35.1. The normalized spacial score (nSPS) is 45.2. The molecule has 5 aliphatic rings. The summed E-state index contributed by atoms with van der Waals surface area (Å²) in [4.78, 5) is 27.1. The van der Waals surface area contributed by atoms with Crippen LogP contribution in [-0.4, -0.2) is 96.8 Å². The summed E-state index contributed by atoms with van der Waals surface area (Å²) >= 11 is 0. The van der Waals surface area contributed by atoms with Crippen LogP contribution in [0.15, 0.2) is 30.3 Å². The van der Waals surface area contributed by atoms with Crippen LogP contribution in [0.25, 0.3) is 0 Å². The van der Waals surface area contributed by atoms with Crippen molar-refractivity contribution < 1.29 is 47.9 Å². The third-order valence-electron chi connectivity index (χ3n) is 12.1. The summed E-state index contributed by atoms with van der Waals surface area (Å²) in [6.45, 7) is 14.9. The van der Waals surface area contributed by atoms with Crippen LogP contribution in [0.3, 0.4) is 0 Å². The van der Waals surface area contributed by atoms with Crippen molar-refractivity contribution in [3.8, 4) is 0 Å². The van der Waals surface area contributed by atoms with E-state index in [0.29, 0.717) is 24.7 Å². The number of hydrogen-bond acceptors (Lipinski definition) is 10. The summed E-state index contributed by atoms with van der Waals surface area (Å²) in [6, 6.07) is 8.70. The standard InChI is InChI=1S/C37H56N2O10/c1-9-26-21(5)20(4)22(6)34(44-26)49-35-28-32(48-37(42)39(28)8)31-27(45-35)16-19(3)33(47-31)46-30-18(2)15-25(23(7)29(30)40)38-36(41)43-17-24-13-11-10-12-14-24/h10-14,18-23,25-35,40H,9,15-17H2,1-8H3,(H,38,41)/t18?,19?,20-,21+,22?,23?,25-,26?,27+,28?,29-,30-,31?,32?,33+,34-,35?/m1/s1. The molecule has 0 aromatic heterocycles. The lowest BCUT2D eigenvalue weighted by molar-refractivity contribution is -0.370. The molecule has 1 saturated carbocycles. The molecule has 1 aromatic carbocycles. The Morgan fingerprint density at radius 3 is 2.33 bits per heavy atom. The number of ether oxygens (including phenoxy) is 7. The number of amides is 2. The summed E-state index contributed by atoms with van der Waals surface area (Å²) < 4.78 is 44.2. The number of aliphatic hydroxyl groups excluding tert-OH is 1. The Balaban J connectivity index is 1.08. The fourth-order valence-corrected chi connectivity index (χ4v) is 8.49. The first-order chi connectivity index (χ1) is 23.4. The van der Waals surface area contributed by atoms with Gasteiger partial charge in [0.15, 0.2) is 25.0 Å². The smallest absolute Gasteiger partial charge is 0.410 e. The summed E-state index contributed by atoms with van der Waals surface area (Å²) in [7, 11) is 1.69. The Morgan fingerprint density at radius 1 is 0.878 bits per heavy atom. The van der Waals surface area contributed by atoms with E-state index in [2.05, 4.69) is 33.0 Å². The van der Waals surface area contributed by atoms with Crippen LogP contribution in [0.1, 0.15) is 73.3 Å². The van der Waals surface area contributed by atoms with E-state index in [0.717, 1.165) is 12.0 Å². The van der Waals surface area contributed by atoms with Crippen molar-refractivity contribution in [1.29, 1.82) is 0 Å². The third-order valence-corrected chi connectivity index (χ3v) is 12.1. The largest absolute Gasteiger partial charge is 0.445 e. The average molecular weight is 689 g/mol. The maximum Gasteiger partial charge on any atom is 0.410 e. The van der Waals surface area contributed by atoms with Gasteiger partial charge in [0.05, 0.1) is 24.4 Å². The van der Waals surface area contributed by atoms with Gasteiger partial charge in [-0.2, -0.15) is 0 Å². The molecule has 274 valence electrons. The average Bonchev–Trinajstić information content (AvgIpc) is 3.39. The van der Waals surface area contributed by atoms with Gasteiger partial charge in [0.1, 0.15) is 18.8 Å². The Hall–Kier alpha value is -2.48. The number of fused-ring (bicyclic) bond motifs is 3. The molecular weight excluding hydrogens is 632 g/mol. The van der Waals surface area contributed by atoms with E-state index >= 15 is 0 Å². The topological polar surface area (TPSA) is 134 Å². The van der Waals surface area contributed by atoms with Gasteiger partial charge in [-0.3, -0.25) is 4.90 Å². The second-order valence-electron chi connectivity index (χ2n) is 15.3. The van der Waals surface area contributed by atoms with Crippen LogP contribution in [0.4, 0.5) is 9.59 Å². The fourth-order valence-electron chi connectivity index (χ4n) is 8.49. The molecule has 2 amide bonds. The van der Waals surface area contributed by atoms with E-state index in [1.807, 2.05) is 51.1 Å². The highest BCUT2D eigenvalue weighted by Gasteiger charge is 2.60. The highest BCUT2D eigenvalue weighted by molar-refractivity contribution is 5.70. The van der Waals surface area contributed by atoms with Crippen LogP contribution >= 0.6 is 0 Å². The Kier molecular flexibility index (Phi) is 11.1. The quantitative estimate of drug-likeness (QED) is 0.382. The number of hydrogen-bond donors (Lipinski definition) is 2. The molecule has 2 N–H and O–H groups in total. The molecule has 5 fully saturated rings. The van der Waals surface area contributed by atoms with Gasteiger partial charge < -0.3 is 43.6 Å². The van der Waals surface area contributed by atoms with Gasteiger partial charge in [-0.15, -0.1) is 0 Å². The van der Waals surface area contributed by atoms with Crippen LogP contribution in [0, 0.1) is 35.5 Å². The molecule has 0 spiro atoms. The number of nitrogens with one attached hydrogen (secondary N) is 1. The molecule has 4 heterocycles. The summed E-state index contributed by atoms with van der Waals surface area (Å²) in [5.41, 5.74) is 0.902. The number of alkyl carbamates (subject to hydrolysis) is 1. The molecule has 49 heavy (non-hydrogen) atoms. The fraction of sp³-hybridized carbons (Fsp3) is 0.784. The first-order valence-electron chi connectivity index (χ1n) is 18.2. The van der Waals surface area contributed by atoms with E-state index < -0.39 is 61.5 Å². The van der Waals surface area contributed by atoms with Crippen molar-refractivity contribution >= 4 is 12.2 Å². The molecule has 17 atom stereocenters. The number of nitrogens with zero attached hydrogens (tertiary/aromatic N) is 1. The summed E-state index contributed by atoms with van der Waals surface area (Å²) in [5.74, 6) is 0.486. The maximum atomic E-state index is 12.9. The molecule has 0 radical (unpaired) electrons. The van der Waals surface area contributed by atoms with Crippen LogP contribution in [0.2, 0.25) is 0 Å². The number of carbonyl (C=O) groups is 2. The zero-order valence-electron chi connectivity index (χ0n) is 30.1. The number of rotatable bonds is 8. The molecule has 6 rings (SSSR count). The van der Waals surface area contributed by atoms with Crippen LogP contribution < -0.4 is 5.32 Å². The summed E-state index contributed by atoms with van der Waals surface area (Å²) in [6.07, 6.45) is -3.64. The van der Waals surface area contributed by atoms with Crippen LogP contribution in [0.5, 0.6) is 0 Å². The van der Waals surface area contributed by atoms with Crippen molar-refractivity contribution in [2.24, 2.45) is 35.5 Å². The molecule has 4 aliphatic heterocycles. The van der Waals surface area contributed by atoms with Gasteiger partial charge >= 0.3 is 12.2 Å². The minimum Gasteiger partial charge on any atom is -0.445 e. The van der Waals surface area contributed by atoms with Crippen molar-refractivity contribution in [3.05, 3.63) is 35.9 Å². The molecule has 0 bridgehead atoms. The molecule has 9 unspecified atom stereocenters. The van der Waals surface area contributed by atoms with Crippen molar-refractivity contribution in [2.75, 3.05) is 7.05 Å². The summed E-state index contributed by atoms with van der Waals surface area (Å²) in [5, 5.41) is 14.4. The Bertz CT molecular complexity index is 1280. The Morgan fingerprint density at radius 2 is 1.61 bits per heavy atom. The molecule has 12 nitrogen and oxygen atoms in total. The first kappa shape index (κ1) is 36.3. The van der Waals surface area contributed by atoms with Crippen molar-refractivity contribution in [1.82, 2.24) is 10.2 Å². The van der Waals surface area contributed by atoms with E-state index in [-0.39, 0.29) is 48.5 Å². The van der Waals surface area contributed by atoms with Crippen molar-refractivity contribution in [3.63, 3.8) is 0 Å². The number of aliphatic hydroxyl groups is 1. The lowest BCUT2D eigenvalue weighted by atomic mass is 9.75. The molecule has 1 aromatic rings. The van der Waals surface area contributed by atoms with Gasteiger partial charge in [-0.1, -0.05) is 78.8 Å². The van der Waals surface area contributed by atoms with E-state index in [4.69, 9.17) is 33.2 Å². The van der Waals surface area contributed by atoms with Gasteiger partial charge in [-0.05, 0) is 42.6 Å². The lowest BCUT2D eigenvalue weighted by Crippen LogP contribution is -2.65. The lowest BCUT2D eigenvalue weighted by Gasteiger charge is -2.51. The van der Waals surface area contributed by atoms with Gasteiger partial charge in [0.25, 0.3) is 0 Å². The van der Waals surface area contributed by atoms with Gasteiger partial charge in [-0.25, -0.2) is 9.59 Å². The maximum absolute atomic E-state index is 12.9. The minimum atomic E-state index is -0.852. The second-order valence-corrected chi connectivity index (χ2v) is 15.3. The predicted molar refractivity (Wildman–Crippen MR) is 178 cm³/mol.